The van der Waals surface area contributed by atoms with Crippen LogP contribution in [0.25, 0.3) is 0 Å². The largest absolute Gasteiger partial charge is 0.298 e. The van der Waals surface area contributed by atoms with Gasteiger partial charge in [-0.15, -0.1) is 0 Å². The molecule has 2 atom stereocenters. The first kappa shape index (κ1) is 13.2. The second-order valence-electron chi connectivity index (χ2n) is 7.22. The minimum absolute atomic E-state index is 0.0180. The van der Waals surface area contributed by atoms with Crippen LogP contribution in [0.5, 0.6) is 0 Å². The van der Waals surface area contributed by atoms with Gasteiger partial charge in [0.05, 0.1) is 0 Å². The molecule has 1 aromatic carbocycles. The highest BCUT2D eigenvalue weighted by Crippen LogP contribution is 2.48. The molecule has 21 heavy (non-hydrogen) atoms. The molecule has 0 amide bonds. The van der Waals surface area contributed by atoms with Crippen molar-refractivity contribution >= 4 is 11.6 Å². The fourth-order valence-corrected chi connectivity index (χ4v) is 4.61. The molecule has 0 bridgehead atoms. The molecule has 3 aliphatic rings. The van der Waals surface area contributed by atoms with Crippen molar-refractivity contribution in [3.63, 3.8) is 0 Å². The molecule has 0 spiro atoms. The number of fused-ring (bicyclic) bond motifs is 1. The molecule has 1 aromatic rings. The molecule has 3 aliphatic carbocycles. The highest BCUT2D eigenvalue weighted by atomic mass is 16.2. The molecule has 0 aromatic heterocycles. The molecule has 0 N–H and O–H groups in total. The first-order chi connectivity index (χ1) is 10.1. The molecule has 0 aliphatic heterocycles. The van der Waals surface area contributed by atoms with Crippen molar-refractivity contribution in [3.05, 3.63) is 34.4 Å². The summed E-state index contributed by atoms with van der Waals surface area (Å²) in [5, 5.41) is 0. The van der Waals surface area contributed by atoms with Gasteiger partial charge in [-0.3, -0.25) is 9.59 Å². The summed E-state index contributed by atoms with van der Waals surface area (Å²) in [6.07, 6.45) is 5.44. The van der Waals surface area contributed by atoms with Crippen LogP contribution in [0.1, 0.15) is 66.2 Å². The molecular weight excluding hydrogens is 260 g/mol. The highest BCUT2D eigenvalue weighted by molar-refractivity contribution is 6.16. The Morgan fingerprint density at radius 1 is 0.857 bits per heavy atom. The maximum Gasteiger partial charge on any atom is 0.151 e. The van der Waals surface area contributed by atoms with Crippen LogP contribution in [-0.4, -0.2) is 11.6 Å². The fourth-order valence-electron chi connectivity index (χ4n) is 4.61. The zero-order chi connectivity index (χ0) is 14.7. The molecule has 0 radical (unpaired) electrons. The van der Waals surface area contributed by atoms with E-state index in [4.69, 9.17) is 0 Å². The van der Waals surface area contributed by atoms with E-state index in [9.17, 15) is 9.59 Å². The Bertz CT molecular complexity index is 594. The second-order valence-corrected chi connectivity index (χ2v) is 7.22. The topological polar surface area (TPSA) is 34.1 Å². The summed E-state index contributed by atoms with van der Waals surface area (Å²) < 4.78 is 0. The predicted octanol–water partition coefficient (Wildman–Crippen LogP) is 3.83. The van der Waals surface area contributed by atoms with Gasteiger partial charge in [0.1, 0.15) is 5.92 Å². The van der Waals surface area contributed by atoms with E-state index in [2.05, 4.69) is 26.0 Å². The number of aryl methyl sites for hydroxylation is 2. The average Bonchev–Trinajstić information content (AvgIpc) is 3.13. The minimum Gasteiger partial charge on any atom is -0.298 e. The number of hydrogen-bond donors (Lipinski definition) is 0. The Morgan fingerprint density at radius 3 is 1.86 bits per heavy atom. The first-order valence-corrected chi connectivity index (χ1v) is 8.26. The Hall–Kier alpha value is -1.44. The number of benzene rings is 1. The third-order valence-corrected chi connectivity index (χ3v) is 5.77. The van der Waals surface area contributed by atoms with Crippen molar-refractivity contribution in [3.8, 4) is 0 Å². The lowest BCUT2D eigenvalue weighted by molar-refractivity contribution is -0.125. The maximum atomic E-state index is 12.7. The maximum absolute atomic E-state index is 12.7. The van der Waals surface area contributed by atoms with Crippen molar-refractivity contribution in [1.29, 1.82) is 0 Å². The van der Waals surface area contributed by atoms with Gasteiger partial charge in [0.25, 0.3) is 0 Å². The standard InChI is InChI=1S/C19H22O2/c1-10-8-13(12-6-7-12)9-11(2)16(10)17-18(20)14-4-3-5-15(14)19(17)21/h8-9,12,14-15,17H,3-7H2,1-2H3. The normalized spacial score (nSPS) is 31.8. The van der Waals surface area contributed by atoms with E-state index >= 15 is 0 Å². The fraction of sp³-hybridized carbons (Fsp3) is 0.579. The lowest BCUT2D eigenvalue weighted by Gasteiger charge is -2.17. The molecule has 2 unspecified atom stereocenters. The van der Waals surface area contributed by atoms with Gasteiger partial charge in [0.15, 0.2) is 11.6 Å². The molecule has 3 fully saturated rings. The van der Waals surface area contributed by atoms with E-state index in [1.165, 1.54) is 18.4 Å². The smallest absolute Gasteiger partial charge is 0.151 e. The van der Waals surface area contributed by atoms with Crippen LogP contribution >= 0.6 is 0 Å². The average molecular weight is 282 g/mol. The number of carbonyl (C=O) groups excluding carboxylic acids is 2. The van der Waals surface area contributed by atoms with Gasteiger partial charge in [0.2, 0.25) is 0 Å². The van der Waals surface area contributed by atoms with Gasteiger partial charge in [-0.25, -0.2) is 0 Å². The van der Waals surface area contributed by atoms with Gasteiger partial charge in [-0.2, -0.15) is 0 Å². The first-order valence-electron chi connectivity index (χ1n) is 8.26. The minimum atomic E-state index is -0.464. The van der Waals surface area contributed by atoms with E-state index in [1.54, 1.807) is 0 Å². The van der Waals surface area contributed by atoms with E-state index in [-0.39, 0.29) is 23.4 Å². The summed E-state index contributed by atoms with van der Waals surface area (Å²) in [6.45, 7) is 4.14. The quantitative estimate of drug-likeness (QED) is 0.772. The molecule has 110 valence electrons. The number of ketones is 2. The van der Waals surface area contributed by atoms with Crippen molar-refractivity contribution in [2.24, 2.45) is 11.8 Å². The Balaban J connectivity index is 1.76. The molecular formula is C19H22O2. The number of carbonyl (C=O) groups is 2. The van der Waals surface area contributed by atoms with E-state index in [0.29, 0.717) is 5.92 Å². The Labute approximate surface area is 125 Å². The summed E-state index contributed by atoms with van der Waals surface area (Å²) >= 11 is 0. The summed E-state index contributed by atoms with van der Waals surface area (Å²) in [4.78, 5) is 25.4. The van der Waals surface area contributed by atoms with Crippen LogP contribution in [0.15, 0.2) is 12.1 Å². The molecule has 2 nitrogen and oxygen atoms in total. The van der Waals surface area contributed by atoms with Gasteiger partial charge >= 0.3 is 0 Å². The van der Waals surface area contributed by atoms with E-state index in [1.807, 2.05) is 0 Å². The number of hydrogen-bond acceptors (Lipinski definition) is 2. The molecule has 2 heteroatoms. The summed E-state index contributed by atoms with van der Waals surface area (Å²) in [7, 11) is 0. The second kappa shape index (κ2) is 4.53. The molecule has 3 saturated carbocycles. The van der Waals surface area contributed by atoms with Crippen molar-refractivity contribution < 1.29 is 9.59 Å². The van der Waals surface area contributed by atoms with Crippen LogP contribution < -0.4 is 0 Å². The Morgan fingerprint density at radius 2 is 1.38 bits per heavy atom. The third kappa shape index (κ3) is 1.91. The predicted molar refractivity (Wildman–Crippen MR) is 81.5 cm³/mol. The molecule has 4 rings (SSSR count). The monoisotopic (exact) mass is 282 g/mol. The number of Topliss-reactive ketones (excluding diaryl/α,β-unsaturated/α-hetero) is 2. The van der Waals surface area contributed by atoms with Crippen LogP contribution in [-0.2, 0) is 9.59 Å². The number of rotatable bonds is 2. The molecule has 0 saturated heterocycles. The van der Waals surface area contributed by atoms with Crippen LogP contribution in [0.4, 0.5) is 0 Å². The Kier molecular flexibility index (Phi) is 2.85. The highest BCUT2D eigenvalue weighted by Gasteiger charge is 2.52. The van der Waals surface area contributed by atoms with Crippen LogP contribution in [0, 0.1) is 25.7 Å². The summed E-state index contributed by atoms with van der Waals surface area (Å²) in [6, 6.07) is 4.43. The van der Waals surface area contributed by atoms with Gasteiger partial charge in [0, 0.05) is 11.8 Å². The van der Waals surface area contributed by atoms with Crippen molar-refractivity contribution in [2.45, 2.75) is 57.8 Å². The van der Waals surface area contributed by atoms with Gasteiger partial charge in [-0.05, 0) is 67.7 Å². The third-order valence-electron chi connectivity index (χ3n) is 5.77. The lowest BCUT2D eigenvalue weighted by Crippen LogP contribution is -2.18. The van der Waals surface area contributed by atoms with Gasteiger partial charge < -0.3 is 0 Å². The van der Waals surface area contributed by atoms with Crippen molar-refractivity contribution in [2.75, 3.05) is 0 Å². The zero-order valence-corrected chi connectivity index (χ0v) is 12.8. The summed E-state index contributed by atoms with van der Waals surface area (Å²) in [5.41, 5.74) is 4.70. The van der Waals surface area contributed by atoms with Gasteiger partial charge in [-0.1, -0.05) is 18.6 Å². The zero-order valence-electron chi connectivity index (χ0n) is 12.8. The van der Waals surface area contributed by atoms with Crippen LogP contribution in [0.3, 0.4) is 0 Å². The molecule has 0 heterocycles. The van der Waals surface area contributed by atoms with E-state index in [0.717, 1.165) is 36.0 Å². The van der Waals surface area contributed by atoms with E-state index < -0.39 is 5.92 Å². The van der Waals surface area contributed by atoms with Crippen molar-refractivity contribution in [1.82, 2.24) is 0 Å². The summed E-state index contributed by atoms with van der Waals surface area (Å²) in [5.74, 6) is 0.689. The van der Waals surface area contributed by atoms with Crippen LogP contribution in [0.2, 0.25) is 0 Å². The lowest BCUT2D eigenvalue weighted by atomic mass is 9.85. The SMILES string of the molecule is Cc1cc(C2CC2)cc(C)c1C1C(=O)C2CCCC2C1=O.